The zero-order chi connectivity index (χ0) is 21.0. The van der Waals surface area contributed by atoms with E-state index in [0.29, 0.717) is 29.6 Å². The minimum Gasteiger partial charge on any atom is -0.506 e. The molecule has 0 atom stereocenters. The summed E-state index contributed by atoms with van der Waals surface area (Å²) in [5, 5.41) is 25.0. The number of thioether (sulfide) groups is 1. The predicted octanol–water partition coefficient (Wildman–Crippen LogP) is 6.33. The Morgan fingerprint density at radius 3 is 2.55 bits per heavy atom. The van der Waals surface area contributed by atoms with Crippen molar-refractivity contribution < 1.29 is 9.84 Å². The second-order valence-electron chi connectivity index (χ2n) is 6.97. The Hall–Kier alpha value is -3.71. The molecule has 0 aliphatic carbocycles. The van der Waals surface area contributed by atoms with Gasteiger partial charge in [-0.05, 0) is 17.7 Å². The Balaban J connectivity index is 1.46. The van der Waals surface area contributed by atoms with Crippen molar-refractivity contribution in [2.24, 2.45) is 10.2 Å². The average Bonchev–Trinajstić information content (AvgIpc) is 2.83. The number of hydrogen-bond acceptors (Lipinski definition) is 7. The predicted molar refractivity (Wildman–Crippen MR) is 126 cm³/mol. The van der Waals surface area contributed by atoms with Crippen LogP contribution in [-0.2, 0) is 0 Å². The van der Waals surface area contributed by atoms with E-state index in [1.54, 1.807) is 12.1 Å². The summed E-state index contributed by atoms with van der Waals surface area (Å²) in [7, 11) is 0. The highest BCUT2D eigenvalue weighted by molar-refractivity contribution is 8.06. The van der Waals surface area contributed by atoms with E-state index in [9.17, 15) is 5.11 Å². The maximum Gasteiger partial charge on any atom is 0.145 e. The third-order valence-corrected chi connectivity index (χ3v) is 5.67. The maximum atomic E-state index is 10.3. The molecule has 2 aliphatic rings. The van der Waals surface area contributed by atoms with Gasteiger partial charge in [0, 0.05) is 36.0 Å². The van der Waals surface area contributed by atoms with Crippen molar-refractivity contribution in [3.05, 3.63) is 95.0 Å². The Kier molecular flexibility index (Phi) is 5.33. The monoisotopic (exact) mass is 428 g/mol. The highest BCUT2D eigenvalue weighted by atomic mass is 32.2. The number of rotatable bonds is 4. The standard InChI is InChI=1S/C24H20N4O2S/c29-22-13-20-23(30-12-11-25-20)14-19(22)26-27-24-15-28(18-9-5-2-6-10-18)21(16-31-24)17-7-3-1-4-8-17/h1-10,13-16,25,29H,11-12H2. The minimum atomic E-state index is 0.0577. The Labute approximate surface area is 184 Å². The van der Waals surface area contributed by atoms with Gasteiger partial charge in [0.15, 0.2) is 0 Å². The number of anilines is 2. The van der Waals surface area contributed by atoms with E-state index in [1.807, 2.05) is 42.6 Å². The molecule has 7 heteroatoms. The Morgan fingerprint density at radius 2 is 1.74 bits per heavy atom. The first-order valence-corrected chi connectivity index (χ1v) is 10.8. The van der Waals surface area contributed by atoms with Crippen molar-refractivity contribution in [3.63, 3.8) is 0 Å². The molecule has 3 aromatic rings. The number of ether oxygens (including phenoxy) is 1. The average molecular weight is 429 g/mol. The number of nitrogens with one attached hydrogen (secondary N) is 1. The van der Waals surface area contributed by atoms with Crippen molar-refractivity contribution in [1.29, 1.82) is 0 Å². The van der Waals surface area contributed by atoms with Gasteiger partial charge >= 0.3 is 0 Å². The van der Waals surface area contributed by atoms with Gasteiger partial charge in [0.1, 0.15) is 28.8 Å². The van der Waals surface area contributed by atoms with Crippen LogP contribution in [0.4, 0.5) is 17.1 Å². The van der Waals surface area contributed by atoms with E-state index in [4.69, 9.17) is 4.74 Å². The first-order valence-electron chi connectivity index (χ1n) is 9.92. The maximum absolute atomic E-state index is 10.3. The van der Waals surface area contributed by atoms with Crippen LogP contribution in [0.3, 0.4) is 0 Å². The largest absolute Gasteiger partial charge is 0.506 e. The molecular formula is C24H20N4O2S. The molecule has 0 bridgehead atoms. The fourth-order valence-corrected chi connectivity index (χ4v) is 4.13. The summed E-state index contributed by atoms with van der Waals surface area (Å²) in [6.07, 6.45) is 1.96. The van der Waals surface area contributed by atoms with Gasteiger partial charge in [-0.25, -0.2) is 0 Å². The molecule has 0 aromatic heterocycles. The van der Waals surface area contributed by atoms with Crippen molar-refractivity contribution in [2.45, 2.75) is 0 Å². The molecule has 0 spiro atoms. The molecule has 3 aromatic carbocycles. The molecule has 5 rings (SSSR count). The van der Waals surface area contributed by atoms with Gasteiger partial charge in [0.25, 0.3) is 0 Å². The first kappa shape index (κ1) is 19.3. The number of phenolic OH excluding ortho intramolecular Hbond substituents is 1. The molecule has 0 unspecified atom stereocenters. The van der Waals surface area contributed by atoms with Gasteiger partial charge in [-0.1, -0.05) is 60.3 Å². The van der Waals surface area contributed by atoms with Crippen LogP contribution in [0.25, 0.3) is 5.70 Å². The molecule has 6 nitrogen and oxygen atoms in total. The van der Waals surface area contributed by atoms with Gasteiger partial charge in [-0.15, -0.1) is 10.2 Å². The van der Waals surface area contributed by atoms with Crippen LogP contribution in [0.1, 0.15) is 5.56 Å². The summed E-state index contributed by atoms with van der Waals surface area (Å²) in [6.45, 7) is 1.29. The number of nitrogens with zero attached hydrogens (tertiary/aromatic N) is 3. The van der Waals surface area contributed by atoms with Crippen molar-refractivity contribution in [3.8, 4) is 11.5 Å². The fourth-order valence-electron chi connectivity index (χ4n) is 3.40. The van der Waals surface area contributed by atoms with E-state index >= 15 is 0 Å². The smallest absolute Gasteiger partial charge is 0.145 e. The van der Waals surface area contributed by atoms with Gasteiger partial charge < -0.3 is 20.1 Å². The summed E-state index contributed by atoms with van der Waals surface area (Å²) in [4.78, 5) is 2.10. The fraction of sp³-hybridized carbons (Fsp3) is 0.0833. The Morgan fingerprint density at radius 1 is 0.968 bits per heavy atom. The van der Waals surface area contributed by atoms with Crippen LogP contribution in [-0.4, -0.2) is 18.3 Å². The summed E-state index contributed by atoms with van der Waals surface area (Å²) in [5.41, 5.74) is 4.34. The number of hydrogen-bond donors (Lipinski definition) is 2. The van der Waals surface area contributed by atoms with E-state index < -0.39 is 0 Å². The zero-order valence-electron chi connectivity index (χ0n) is 16.6. The molecule has 2 aliphatic heterocycles. The molecule has 0 amide bonds. The van der Waals surface area contributed by atoms with Gasteiger partial charge in [0.05, 0.1) is 11.4 Å². The van der Waals surface area contributed by atoms with Crippen LogP contribution in [0.15, 0.2) is 99.7 Å². The van der Waals surface area contributed by atoms with E-state index in [-0.39, 0.29) is 5.75 Å². The number of phenols is 1. The lowest BCUT2D eigenvalue weighted by Gasteiger charge is -2.27. The molecule has 0 radical (unpaired) electrons. The normalized spacial score (nSPS) is 15.5. The minimum absolute atomic E-state index is 0.0577. The molecule has 31 heavy (non-hydrogen) atoms. The summed E-state index contributed by atoms with van der Waals surface area (Å²) < 4.78 is 5.64. The third kappa shape index (κ3) is 4.13. The summed E-state index contributed by atoms with van der Waals surface area (Å²) in [5.74, 6) is 0.725. The number of fused-ring (bicyclic) bond motifs is 1. The first-order chi connectivity index (χ1) is 15.3. The number of benzene rings is 3. The number of azo groups is 1. The highest BCUT2D eigenvalue weighted by Gasteiger charge is 2.18. The second-order valence-corrected chi connectivity index (χ2v) is 7.86. The lowest BCUT2D eigenvalue weighted by Crippen LogP contribution is -2.17. The van der Waals surface area contributed by atoms with E-state index in [0.717, 1.165) is 22.6 Å². The second kappa shape index (κ2) is 8.57. The van der Waals surface area contributed by atoms with Crippen LogP contribution in [0.5, 0.6) is 11.5 Å². The molecule has 154 valence electrons. The van der Waals surface area contributed by atoms with Crippen LogP contribution in [0, 0.1) is 0 Å². The molecule has 0 saturated heterocycles. The van der Waals surface area contributed by atoms with Gasteiger partial charge in [-0.3, -0.25) is 0 Å². The topological polar surface area (TPSA) is 69.5 Å². The van der Waals surface area contributed by atoms with Crippen LogP contribution < -0.4 is 15.0 Å². The Bertz CT molecular complexity index is 1180. The number of para-hydroxylation sites is 1. The third-order valence-electron chi connectivity index (χ3n) is 4.90. The molecule has 2 heterocycles. The molecule has 2 N–H and O–H groups in total. The van der Waals surface area contributed by atoms with E-state index in [1.165, 1.54) is 11.8 Å². The van der Waals surface area contributed by atoms with Crippen LogP contribution in [0.2, 0.25) is 0 Å². The zero-order valence-corrected chi connectivity index (χ0v) is 17.4. The SMILES string of the molecule is Oc1cc2c(cc1N=NC1=CN(c3ccccc3)C(c3ccccc3)=CS1)OCCN2. The number of aromatic hydroxyl groups is 1. The highest BCUT2D eigenvalue weighted by Crippen LogP contribution is 2.41. The van der Waals surface area contributed by atoms with E-state index in [2.05, 4.69) is 50.1 Å². The van der Waals surface area contributed by atoms with Gasteiger partial charge in [-0.2, -0.15) is 0 Å². The summed E-state index contributed by atoms with van der Waals surface area (Å²) >= 11 is 1.49. The summed E-state index contributed by atoms with van der Waals surface area (Å²) in [6, 6.07) is 23.7. The molecule has 0 fully saturated rings. The lowest BCUT2D eigenvalue weighted by molar-refractivity contribution is 0.322. The van der Waals surface area contributed by atoms with Gasteiger partial charge in [0.2, 0.25) is 0 Å². The van der Waals surface area contributed by atoms with Crippen molar-refractivity contribution >= 4 is 34.5 Å². The van der Waals surface area contributed by atoms with Crippen molar-refractivity contribution in [2.75, 3.05) is 23.4 Å². The lowest BCUT2D eigenvalue weighted by atomic mass is 10.1. The van der Waals surface area contributed by atoms with Crippen molar-refractivity contribution in [1.82, 2.24) is 0 Å². The van der Waals surface area contributed by atoms with Crippen LogP contribution >= 0.6 is 11.8 Å². The quantitative estimate of drug-likeness (QED) is 0.475. The molecular weight excluding hydrogens is 408 g/mol. The molecule has 0 saturated carbocycles.